The van der Waals surface area contributed by atoms with Gasteiger partial charge in [-0.3, -0.25) is 14.4 Å². The fourth-order valence-corrected chi connectivity index (χ4v) is 3.80. The second kappa shape index (κ2) is 15.6. The quantitative estimate of drug-likeness (QED) is 0.273. The zero-order valence-electron chi connectivity index (χ0n) is 26.9. The number of ether oxygens (including phenoxy) is 2. The number of hydrogen-bond donors (Lipinski definition) is 4. The number of rotatable bonds is 12. The molecule has 0 heterocycles. The first-order valence-corrected chi connectivity index (χ1v) is 14.4. The number of alkyl carbamates (subject to hydrolysis) is 1. The maximum atomic E-state index is 13.6. The molecule has 1 aromatic carbocycles. The molecule has 0 aliphatic carbocycles. The van der Waals surface area contributed by atoms with E-state index < -0.39 is 65.2 Å². The molecule has 0 spiro atoms. The molecule has 0 saturated heterocycles. The van der Waals surface area contributed by atoms with Crippen LogP contribution in [0.2, 0.25) is 0 Å². The second-order valence-corrected chi connectivity index (χ2v) is 13.1. The maximum Gasteiger partial charge on any atom is 0.408 e. The molecule has 0 aromatic heterocycles. The van der Waals surface area contributed by atoms with Crippen LogP contribution in [0.1, 0.15) is 81.7 Å². The highest BCUT2D eigenvalue weighted by atomic mass is 16.6. The third-order valence-electron chi connectivity index (χ3n) is 5.91. The Kier molecular flexibility index (Phi) is 13.5. The Morgan fingerprint density at radius 1 is 0.643 bits per heavy atom. The van der Waals surface area contributed by atoms with Gasteiger partial charge >= 0.3 is 12.1 Å². The van der Waals surface area contributed by atoms with Crippen molar-refractivity contribution < 1.29 is 33.4 Å². The van der Waals surface area contributed by atoms with Crippen molar-refractivity contribution in [1.29, 1.82) is 0 Å². The molecule has 4 atom stereocenters. The summed E-state index contributed by atoms with van der Waals surface area (Å²) in [4.78, 5) is 64.9. The van der Waals surface area contributed by atoms with Gasteiger partial charge in [-0.25, -0.2) is 9.59 Å². The molecule has 0 fully saturated rings. The van der Waals surface area contributed by atoms with Crippen LogP contribution >= 0.6 is 0 Å². The Balaban J connectivity index is 3.13. The minimum Gasteiger partial charge on any atom is -0.458 e. The van der Waals surface area contributed by atoms with Gasteiger partial charge in [0.25, 0.3) is 0 Å². The molecule has 0 bridgehead atoms. The van der Waals surface area contributed by atoms with Crippen molar-refractivity contribution in [3.05, 3.63) is 35.9 Å². The van der Waals surface area contributed by atoms with Gasteiger partial charge in [-0.15, -0.1) is 0 Å². The highest BCUT2D eigenvalue weighted by Gasteiger charge is 2.35. The highest BCUT2D eigenvalue weighted by molar-refractivity contribution is 5.95. The van der Waals surface area contributed by atoms with E-state index in [4.69, 9.17) is 9.47 Å². The lowest BCUT2D eigenvalue weighted by atomic mass is 9.98. The van der Waals surface area contributed by atoms with Gasteiger partial charge in [0.1, 0.15) is 35.4 Å². The van der Waals surface area contributed by atoms with Gasteiger partial charge in [0.15, 0.2) is 0 Å². The van der Waals surface area contributed by atoms with E-state index in [1.807, 2.05) is 30.3 Å². The molecule has 0 aliphatic heterocycles. The van der Waals surface area contributed by atoms with E-state index in [1.54, 1.807) is 69.2 Å². The molecule has 4 unspecified atom stereocenters. The van der Waals surface area contributed by atoms with Gasteiger partial charge in [0, 0.05) is 6.42 Å². The van der Waals surface area contributed by atoms with Crippen LogP contribution in [0.4, 0.5) is 4.79 Å². The summed E-state index contributed by atoms with van der Waals surface area (Å²) >= 11 is 0. The number of carbonyl (C=O) groups is 5. The fraction of sp³-hybridized carbons (Fsp3) is 0.645. The standard InChI is InChI=1S/C31H50N4O7/c1-18(2)23(27(38)35-24(19(3)4)28(39)41-30(6,7)8)34-26(37)22(17-21-15-13-12-14-16-21)33-25(36)20(5)32-29(40)42-31(9,10)11/h12-16,18-20,22-24H,17H2,1-11H3,(H,32,40)(H,33,36)(H,34,37)(H,35,38). The molecule has 1 rings (SSSR count). The average Bonchev–Trinajstić information content (AvgIpc) is 2.82. The third kappa shape index (κ3) is 13.4. The van der Waals surface area contributed by atoms with Crippen molar-refractivity contribution in [2.24, 2.45) is 11.8 Å². The van der Waals surface area contributed by atoms with Crippen molar-refractivity contribution in [3.63, 3.8) is 0 Å². The zero-order valence-corrected chi connectivity index (χ0v) is 26.9. The van der Waals surface area contributed by atoms with Crippen molar-refractivity contribution in [2.45, 2.75) is 118 Å². The molecule has 0 aliphatic rings. The van der Waals surface area contributed by atoms with Crippen LogP contribution in [0.25, 0.3) is 0 Å². The molecule has 236 valence electrons. The molecule has 1 aromatic rings. The largest absolute Gasteiger partial charge is 0.458 e. The number of esters is 1. The molecular weight excluding hydrogens is 540 g/mol. The fourth-order valence-electron chi connectivity index (χ4n) is 3.80. The van der Waals surface area contributed by atoms with E-state index in [0.717, 1.165) is 5.56 Å². The smallest absolute Gasteiger partial charge is 0.408 e. The number of hydrogen-bond acceptors (Lipinski definition) is 7. The molecule has 0 radical (unpaired) electrons. The molecule has 11 heteroatoms. The first-order valence-electron chi connectivity index (χ1n) is 14.4. The number of amides is 4. The van der Waals surface area contributed by atoms with Crippen LogP contribution in [-0.4, -0.2) is 65.2 Å². The number of nitrogens with one attached hydrogen (secondary N) is 4. The first-order chi connectivity index (χ1) is 19.2. The summed E-state index contributed by atoms with van der Waals surface area (Å²) in [5.74, 6) is -2.93. The number of benzene rings is 1. The van der Waals surface area contributed by atoms with Crippen LogP contribution in [-0.2, 0) is 35.1 Å². The summed E-state index contributed by atoms with van der Waals surface area (Å²) in [6.45, 7) is 18.9. The predicted octanol–water partition coefficient (Wildman–Crippen LogP) is 3.25. The summed E-state index contributed by atoms with van der Waals surface area (Å²) in [6, 6.07) is 5.09. The Bertz CT molecular complexity index is 1070. The predicted molar refractivity (Wildman–Crippen MR) is 160 cm³/mol. The van der Waals surface area contributed by atoms with Crippen LogP contribution in [0, 0.1) is 11.8 Å². The SMILES string of the molecule is CC(NC(=O)OC(C)(C)C)C(=O)NC(Cc1ccccc1)C(=O)NC(C(=O)NC(C(=O)OC(C)(C)C)C(C)C)C(C)C. The van der Waals surface area contributed by atoms with Crippen molar-refractivity contribution >= 4 is 29.8 Å². The lowest BCUT2D eigenvalue weighted by molar-refractivity contribution is -0.160. The minimum atomic E-state index is -1.07. The van der Waals surface area contributed by atoms with E-state index in [-0.39, 0.29) is 18.3 Å². The van der Waals surface area contributed by atoms with Gasteiger partial charge in [0.05, 0.1) is 0 Å². The summed E-state index contributed by atoms with van der Waals surface area (Å²) in [5, 5.41) is 10.7. The summed E-state index contributed by atoms with van der Waals surface area (Å²) in [5.41, 5.74) is -0.708. The van der Waals surface area contributed by atoms with E-state index in [0.29, 0.717) is 0 Å². The van der Waals surface area contributed by atoms with Gasteiger partial charge < -0.3 is 30.7 Å². The summed E-state index contributed by atoms with van der Waals surface area (Å²) in [6.07, 6.45) is -0.633. The molecule has 42 heavy (non-hydrogen) atoms. The molecular formula is C31H50N4O7. The Labute approximate surface area is 250 Å². The van der Waals surface area contributed by atoms with Gasteiger partial charge in [0.2, 0.25) is 17.7 Å². The van der Waals surface area contributed by atoms with Crippen LogP contribution in [0.5, 0.6) is 0 Å². The van der Waals surface area contributed by atoms with Gasteiger partial charge in [-0.05, 0) is 65.9 Å². The van der Waals surface area contributed by atoms with E-state index in [1.165, 1.54) is 6.92 Å². The van der Waals surface area contributed by atoms with Gasteiger partial charge in [-0.2, -0.15) is 0 Å². The summed E-state index contributed by atoms with van der Waals surface area (Å²) in [7, 11) is 0. The maximum absolute atomic E-state index is 13.6. The van der Waals surface area contributed by atoms with E-state index >= 15 is 0 Å². The van der Waals surface area contributed by atoms with Crippen LogP contribution in [0.3, 0.4) is 0 Å². The van der Waals surface area contributed by atoms with Gasteiger partial charge in [-0.1, -0.05) is 58.0 Å². The average molecular weight is 591 g/mol. The third-order valence-corrected chi connectivity index (χ3v) is 5.91. The second-order valence-electron chi connectivity index (χ2n) is 13.1. The Morgan fingerprint density at radius 2 is 1.14 bits per heavy atom. The normalized spacial score (nSPS) is 14.7. The molecule has 11 nitrogen and oxygen atoms in total. The highest BCUT2D eigenvalue weighted by Crippen LogP contribution is 2.14. The van der Waals surface area contributed by atoms with Crippen molar-refractivity contribution in [2.75, 3.05) is 0 Å². The first kappa shape index (κ1) is 36.4. The Hall–Kier alpha value is -3.63. The van der Waals surface area contributed by atoms with E-state index in [2.05, 4.69) is 21.3 Å². The zero-order chi connectivity index (χ0) is 32.4. The lowest BCUT2D eigenvalue weighted by Gasteiger charge is -2.30. The lowest BCUT2D eigenvalue weighted by Crippen LogP contribution is -2.59. The Morgan fingerprint density at radius 3 is 1.62 bits per heavy atom. The van der Waals surface area contributed by atoms with E-state index in [9.17, 15) is 24.0 Å². The topological polar surface area (TPSA) is 152 Å². The molecule has 4 N–H and O–H groups in total. The summed E-state index contributed by atoms with van der Waals surface area (Å²) < 4.78 is 10.7. The van der Waals surface area contributed by atoms with Crippen LogP contribution in [0.15, 0.2) is 30.3 Å². The minimum absolute atomic E-state index is 0.135. The van der Waals surface area contributed by atoms with Crippen molar-refractivity contribution in [3.8, 4) is 0 Å². The molecule has 4 amide bonds. The number of carbonyl (C=O) groups excluding carboxylic acids is 5. The van der Waals surface area contributed by atoms with Crippen LogP contribution < -0.4 is 21.3 Å². The molecule has 0 saturated carbocycles. The van der Waals surface area contributed by atoms with Crippen molar-refractivity contribution in [1.82, 2.24) is 21.3 Å². The monoisotopic (exact) mass is 590 g/mol.